The normalized spacial score (nSPS) is 16.4. The summed E-state index contributed by atoms with van der Waals surface area (Å²) in [5.41, 5.74) is 0.808. The number of rotatable bonds is 7. The minimum absolute atomic E-state index is 0.0829. The standard InChI is InChI=1S/C24H29N7O4/c1-33-19-4-2-3-18(17-19)24-25-22(35-28-24)7-8-23(32)31-11-9-29(10-12-31)20-5-6-21(27-26-20)30-13-15-34-16-14-30/h2-6,17H,7-16H2,1H3. The Morgan fingerprint density at radius 1 is 0.971 bits per heavy atom. The van der Waals surface area contributed by atoms with Crippen molar-refractivity contribution in [3.8, 4) is 17.1 Å². The monoisotopic (exact) mass is 479 g/mol. The summed E-state index contributed by atoms with van der Waals surface area (Å²) in [6.45, 7) is 5.83. The van der Waals surface area contributed by atoms with Crippen LogP contribution in [0.1, 0.15) is 12.3 Å². The maximum Gasteiger partial charge on any atom is 0.227 e. The van der Waals surface area contributed by atoms with E-state index in [9.17, 15) is 4.79 Å². The Balaban J connectivity index is 1.09. The van der Waals surface area contributed by atoms with Crippen LogP contribution in [-0.4, -0.2) is 90.7 Å². The van der Waals surface area contributed by atoms with Gasteiger partial charge in [-0.2, -0.15) is 4.98 Å². The van der Waals surface area contributed by atoms with Gasteiger partial charge in [-0.1, -0.05) is 17.3 Å². The molecule has 2 aliphatic heterocycles. The number of aromatic nitrogens is 4. The molecule has 0 unspecified atom stereocenters. The predicted molar refractivity (Wildman–Crippen MR) is 128 cm³/mol. The molecule has 11 nitrogen and oxygen atoms in total. The van der Waals surface area contributed by atoms with Gasteiger partial charge in [-0.05, 0) is 24.3 Å². The second kappa shape index (κ2) is 10.7. The summed E-state index contributed by atoms with van der Waals surface area (Å²) >= 11 is 0. The molecule has 0 N–H and O–H groups in total. The molecule has 11 heteroatoms. The predicted octanol–water partition coefficient (Wildman–Crippen LogP) is 1.65. The molecule has 0 bridgehead atoms. The quantitative estimate of drug-likeness (QED) is 0.496. The number of hydrogen-bond donors (Lipinski definition) is 0. The second-order valence-electron chi connectivity index (χ2n) is 8.46. The van der Waals surface area contributed by atoms with Crippen molar-refractivity contribution in [3.63, 3.8) is 0 Å². The molecule has 0 saturated carbocycles. The van der Waals surface area contributed by atoms with E-state index in [1.54, 1.807) is 7.11 Å². The summed E-state index contributed by atoms with van der Waals surface area (Å²) in [5.74, 6) is 3.46. The molecule has 5 rings (SSSR count). The maximum atomic E-state index is 12.8. The molecule has 1 aromatic carbocycles. The Morgan fingerprint density at radius 3 is 2.37 bits per heavy atom. The fourth-order valence-electron chi connectivity index (χ4n) is 4.24. The van der Waals surface area contributed by atoms with E-state index in [0.717, 1.165) is 62.3 Å². The Bertz CT molecular complexity index is 1120. The number of piperazine rings is 1. The molecule has 2 fully saturated rings. The van der Waals surface area contributed by atoms with Crippen molar-refractivity contribution in [1.29, 1.82) is 0 Å². The van der Waals surface area contributed by atoms with Gasteiger partial charge in [0, 0.05) is 57.7 Å². The van der Waals surface area contributed by atoms with Crippen LogP contribution in [0.3, 0.4) is 0 Å². The number of amides is 1. The SMILES string of the molecule is COc1cccc(-c2noc(CCC(=O)N3CCN(c4ccc(N5CCOCC5)nn4)CC3)n2)c1. The molecule has 1 amide bonds. The number of morpholine rings is 1. The molecular formula is C24H29N7O4. The first-order valence-corrected chi connectivity index (χ1v) is 11.9. The highest BCUT2D eigenvalue weighted by Gasteiger charge is 2.23. The van der Waals surface area contributed by atoms with Gasteiger partial charge in [0.05, 0.1) is 20.3 Å². The average Bonchev–Trinajstić information content (AvgIpc) is 3.42. The van der Waals surface area contributed by atoms with Gasteiger partial charge in [0.15, 0.2) is 11.6 Å². The molecule has 184 valence electrons. The highest BCUT2D eigenvalue weighted by Crippen LogP contribution is 2.22. The molecule has 0 spiro atoms. The number of hydrogen-bond acceptors (Lipinski definition) is 10. The van der Waals surface area contributed by atoms with Crippen LogP contribution in [0.15, 0.2) is 40.9 Å². The largest absolute Gasteiger partial charge is 0.497 e. The molecule has 2 saturated heterocycles. The van der Waals surface area contributed by atoms with E-state index < -0.39 is 0 Å². The van der Waals surface area contributed by atoms with Crippen LogP contribution in [0.4, 0.5) is 11.6 Å². The lowest BCUT2D eigenvalue weighted by Crippen LogP contribution is -2.49. The maximum absolute atomic E-state index is 12.8. The minimum atomic E-state index is 0.0829. The van der Waals surface area contributed by atoms with Crippen LogP contribution in [-0.2, 0) is 16.0 Å². The third-order valence-electron chi connectivity index (χ3n) is 6.28. The van der Waals surface area contributed by atoms with Crippen molar-refractivity contribution in [2.75, 3.05) is 69.4 Å². The Hall–Kier alpha value is -3.73. The van der Waals surface area contributed by atoms with E-state index in [-0.39, 0.29) is 5.91 Å². The van der Waals surface area contributed by atoms with Crippen LogP contribution < -0.4 is 14.5 Å². The summed E-state index contributed by atoms with van der Waals surface area (Å²) in [7, 11) is 1.61. The van der Waals surface area contributed by atoms with Gasteiger partial charge in [-0.3, -0.25) is 4.79 Å². The number of nitrogens with zero attached hydrogens (tertiary/aromatic N) is 7. The number of benzene rings is 1. The zero-order valence-electron chi connectivity index (χ0n) is 19.8. The first-order valence-electron chi connectivity index (χ1n) is 11.9. The lowest BCUT2D eigenvalue weighted by molar-refractivity contribution is -0.131. The molecule has 4 heterocycles. The number of ether oxygens (including phenoxy) is 2. The third kappa shape index (κ3) is 5.51. The molecule has 0 atom stereocenters. The van der Waals surface area contributed by atoms with E-state index in [1.807, 2.05) is 41.3 Å². The smallest absolute Gasteiger partial charge is 0.227 e. The van der Waals surface area contributed by atoms with Crippen LogP contribution >= 0.6 is 0 Å². The summed E-state index contributed by atoms with van der Waals surface area (Å²) in [6.07, 6.45) is 0.734. The average molecular weight is 480 g/mol. The van der Waals surface area contributed by atoms with Gasteiger partial charge < -0.3 is 28.7 Å². The minimum Gasteiger partial charge on any atom is -0.497 e. The molecule has 0 aliphatic carbocycles. The lowest BCUT2D eigenvalue weighted by Gasteiger charge is -2.35. The molecular weight excluding hydrogens is 450 g/mol. The van der Waals surface area contributed by atoms with Crippen molar-refractivity contribution >= 4 is 17.5 Å². The molecule has 2 aromatic heterocycles. The van der Waals surface area contributed by atoms with E-state index in [0.29, 0.717) is 37.6 Å². The van der Waals surface area contributed by atoms with Gasteiger partial charge in [0.25, 0.3) is 0 Å². The van der Waals surface area contributed by atoms with Crippen molar-refractivity contribution in [2.45, 2.75) is 12.8 Å². The fourth-order valence-corrected chi connectivity index (χ4v) is 4.24. The highest BCUT2D eigenvalue weighted by atomic mass is 16.5. The summed E-state index contributed by atoms with van der Waals surface area (Å²) in [4.78, 5) is 23.4. The van der Waals surface area contributed by atoms with E-state index in [1.165, 1.54) is 0 Å². The van der Waals surface area contributed by atoms with Gasteiger partial charge in [0.2, 0.25) is 17.6 Å². The van der Waals surface area contributed by atoms with Crippen molar-refractivity contribution in [2.24, 2.45) is 0 Å². The van der Waals surface area contributed by atoms with Crippen molar-refractivity contribution in [1.82, 2.24) is 25.2 Å². The van der Waals surface area contributed by atoms with Gasteiger partial charge >= 0.3 is 0 Å². The first-order chi connectivity index (χ1) is 17.2. The number of carbonyl (C=O) groups is 1. The number of methoxy groups -OCH3 is 1. The zero-order chi connectivity index (χ0) is 24.0. The number of anilines is 2. The van der Waals surface area contributed by atoms with E-state index in [2.05, 4.69) is 30.1 Å². The van der Waals surface area contributed by atoms with Crippen LogP contribution in [0.25, 0.3) is 11.4 Å². The highest BCUT2D eigenvalue weighted by molar-refractivity contribution is 5.76. The van der Waals surface area contributed by atoms with Gasteiger partial charge in [-0.25, -0.2) is 0 Å². The summed E-state index contributed by atoms with van der Waals surface area (Å²) in [5, 5.41) is 12.8. The van der Waals surface area contributed by atoms with Crippen LogP contribution in [0.5, 0.6) is 5.75 Å². The van der Waals surface area contributed by atoms with Gasteiger partial charge in [-0.15, -0.1) is 10.2 Å². The summed E-state index contributed by atoms with van der Waals surface area (Å²) in [6, 6.07) is 11.5. The topological polar surface area (TPSA) is 110 Å². The second-order valence-corrected chi connectivity index (χ2v) is 8.46. The molecule has 0 radical (unpaired) electrons. The van der Waals surface area contributed by atoms with Crippen LogP contribution in [0.2, 0.25) is 0 Å². The Labute approximate surface area is 203 Å². The lowest BCUT2D eigenvalue weighted by atomic mass is 10.2. The number of aryl methyl sites for hydroxylation is 1. The Morgan fingerprint density at radius 2 is 1.69 bits per heavy atom. The molecule has 2 aliphatic rings. The number of carbonyl (C=O) groups excluding carboxylic acids is 1. The van der Waals surface area contributed by atoms with Crippen molar-refractivity contribution < 1.29 is 18.8 Å². The molecule has 35 heavy (non-hydrogen) atoms. The van der Waals surface area contributed by atoms with E-state index in [4.69, 9.17) is 14.0 Å². The molecule has 3 aromatic rings. The first kappa shape index (κ1) is 23.0. The zero-order valence-corrected chi connectivity index (χ0v) is 19.8. The third-order valence-corrected chi connectivity index (χ3v) is 6.28. The van der Waals surface area contributed by atoms with Crippen LogP contribution in [0, 0.1) is 0 Å². The Kier molecular flexibility index (Phi) is 7.03. The van der Waals surface area contributed by atoms with E-state index >= 15 is 0 Å². The van der Waals surface area contributed by atoms with Gasteiger partial charge in [0.1, 0.15) is 5.75 Å². The fraction of sp³-hybridized carbons (Fsp3) is 0.458. The van der Waals surface area contributed by atoms with Crippen molar-refractivity contribution in [3.05, 3.63) is 42.3 Å². The summed E-state index contributed by atoms with van der Waals surface area (Å²) < 4.78 is 16.0.